The van der Waals surface area contributed by atoms with Gasteiger partial charge < -0.3 is 14.8 Å². The lowest BCUT2D eigenvalue weighted by atomic mass is 9.74. The molecule has 2 aliphatic carbocycles. The Balaban J connectivity index is 1.29. The zero-order chi connectivity index (χ0) is 26.4. The summed E-state index contributed by atoms with van der Waals surface area (Å²) in [5.74, 6) is 2.06. The van der Waals surface area contributed by atoms with Crippen molar-refractivity contribution in [1.29, 1.82) is 0 Å². The first-order valence-corrected chi connectivity index (χ1v) is 14.8. The van der Waals surface area contributed by atoms with Gasteiger partial charge in [0.1, 0.15) is 12.3 Å². The molecule has 198 valence electrons. The van der Waals surface area contributed by atoms with Crippen LogP contribution in [0.4, 0.5) is 5.69 Å². The number of methoxy groups -OCH3 is 1. The number of benzene rings is 2. The van der Waals surface area contributed by atoms with E-state index in [0.29, 0.717) is 40.9 Å². The second-order valence-electron chi connectivity index (χ2n) is 10.2. The summed E-state index contributed by atoms with van der Waals surface area (Å²) in [6.07, 6.45) is 3.74. The van der Waals surface area contributed by atoms with E-state index < -0.39 is 5.97 Å². The van der Waals surface area contributed by atoms with Crippen LogP contribution in [0.5, 0.6) is 5.75 Å². The van der Waals surface area contributed by atoms with Gasteiger partial charge in [-0.2, -0.15) is 0 Å². The van der Waals surface area contributed by atoms with Gasteiger partial charge in [-0.05, 0) is 74.3 Å². The van der Waals surface area contributed by atoms with Gasteiger partial charge in [0.2, 0.25) is 5.91 Å². The molecule has 1 amide bonds. The average molecular weight is 551 g/mol. The number of hydrogen-bond donors (Lipinski definition) is 1. The zero-order valence-electron chi connectivity index (χ0n) is 21.3. The lowest BCUT2D eigenvalue weighted by molar-refractivity contribution is -0.116. The molecule has 0 spiro atoms. The van der Waals surface area contributed by atoms with Gasteiger partial charge in [0.05, 0.1) is 24.3 Å². The quantitative estimate of drug-likeness (QED) is 0.397. The normalized spacial score (nSPS) is 24.9. The predicted octanol–water partition coefficient (Wildman–Crippen LogP) is 5.39. The molecule has 5 unspecified atom stereocenters. The van der Waals surface area contributed by atoms with Gasteiger partial charge in [0, 0.05) is 27.3 Å². The maximum absolute atomic E-state index is 13.3. The molecule has 2 bridgehead atoms. The maximum atomic E-state index is 13.3. The van der Waals surface area contributed by atoms with E-state index in [1.807, 2.05) is 30.0 Å². The van der Waals surface area contributed by atoms with Crippen LogP contribution in [0.1, 0.15) is 52.9 Å². The van der Waals surface area contributed by atoms with Gasteiger partial charge in [-0.1, -0.05) is 29.5 Å². The fraction of sp³-hybridized carbons (Fsp3) is 0.414. The summed E-state index contributed by atoms with van der Waals surface area (Å²) in [7, 11) is 1.70. The molecular formula is C29H30N2O5S2. The minimum atomic E-state index is -0.401. The number of para-hydroxylation sites is 1. The highest BCUT2D eigenvalue weighted by Crippen LogP contribution is 2.64. The molecule has 2 aromatic carbocycles. The van der Waals surface area contributed by atoms with E-state index in [2.05, 4.69) is 11.4 Å². The first kappa shape index (κ1) is 25.2. The maximum Gasteiger partial charge on any atom is 0.338 e. The first-order valence-electron chi connectivity index (χ1n) is 13.1. The predicted molar refractivity (Wildman–Crippen MR) is 148 cm³/mol. The van der Waals surface area contributed by atoms with Gasteiger partial charge in [0.15, 0.2) is 0 Å². The lowest BCUT2D eigenvalue weighted by Crippen LogP contribution is -2.35. The van der Waals surface area contributed by atoms with Crippen LogP contribution in [-0.4, -0.2) is 35.4 Å². The van der Waals surface area contributed by atoms with E-state index >= 15 is 0 Å². The number of carbonyl (C=O) groups excluding carboxylic acids is 2. The average Bonchev–Trinajstić information content (AvgIpc) is 3.62. The summed E-state index contributed by atoms with van der Waals surface area (Å²) in [6, 6.07) is 14.7. The van der Waals surface area contributed by atoms with Crippen LogP contribution in [0.2, 0.25) is 0 Å². The molecule has 3 aliphatic rings. The summed E-state index contributed by atoms with van der Waals surface area (Å²) in [4.78, 5) is 39.2. The van der Waals surface area contributed by atoms with Crippen LogP contribution in [0.25, 0.3) is 0 Å². The number of rotatable bonds is 7. The molecule has 2 heterocycles. The van der Waals surface area contributed by atoms with Crippen molar-refractivity contribution in [2.45, 2.75) is 48.9 Å². The second kappa shape index (κ2) is 10.3. The molecule has 7 nitrogen and oxygen atoms in total. The number of thioether (sulfide) groups is 1. The summed E-state index contributed by atoms with van der Waals surface area (Å²) in [5, 5.41) is 4.24. The molecule has 1 N–H and O–H groups in total. The molecular weight excluding hydrogens is 520 g/mol. The van der Waals surface area contributed by atoms with Crippen LogP contribution < -0.4 is 14.9 Å². The van der Waals surface area contributed by atoms with Crippen LogP contribution >= 0.6 is 23.1 Å². The minimum absolute atomic E-state index is 0.0541. The van der Waals surface area contributed by atoms with Gasteiger partial charge in [-0.15, -0.1) is 11.8 Å². The Morgan fingerprint density at radius 3 is 2.61 bits per heavy atom. The topological polar surface area (TPSA) is 86.6 Å². The summed E-state index contributed by atoms with van der Waals surface area (Å²) in [5.41, 5.74) is 2.12. The number of thiazole rings is 1. The van der Waals surface area contributed by atoms with Gasteiger partial charge >= 0.3 is 10.8 Å². The third kappa shape index (κ3) is 4.35. The van der Waals surface area contributed by atoms with Gasteiger partial charge in [-0.25, -0.2) is 4.79 Å². The number of aromatic nitrogens is 1. The van der Waals surface area contributed by atoms with Crippen LogP contribution in [-0.2, 0) is 16.1 Å². The van der Waals surface area contributed by atoms with E-state index in [1.165, 1.54) is 30.6 Å². The van der Waals surface area contributed by atoms with E-state index in [9.17, 15) is 14.4 Å². The van der Waals surface area contributed by atoms with Crippen molar-refractivity contribution in [3.05, 3.63) is 74.2 Å². The molecule has 0 radical (unpaired) electrons. The number of hydrogen-bond acceptors (Lipinski definition) is 7. The number of amides is 1. The van der Waals surface area contributed by atoms with Crippen molar-refractivity contribution in [2.75, 3.05) is 19.0 Å². The molecule has 6 rings (SSSR count). The Morgan fingerprint density at radius 2 is 1.84 bits per heavy atom. The smallest absolute Gasteiger partial charge is 0.338 e. The van der Waals surface area contributed by atoms with Crippen molar-refractivity contribution in [3.8, 4) is 5.75 Å². The van der Waals surface area contributed by atoms with Crippen LogP contribution in [0.15, 0.2) is 58.4 Å². The standard InChI is InChI=1S/C29H30N2O5S2/c1-3-36-28(33)16-10-12-19(13-11-16)30-22(32)15-31-27-26(38-29(31)34)24(20-6-4-5-7-21(20)35-2)23-17-8-9-18(14-17)25(23)37-27/h4-7,10-13,17-18,23-25H,3,8-9,14-15H2,1-2H3,(H,30,32). The van der Waals surface area contributed by atoms with Crippen molar-refractivity contribution in [3.63, 3.8) is 0 Å². The highest BCUT2D eigenvalue weighted by molar-refractivity contribution is 8.00. The Labute approximate surface area is 229 Å². The largest absolute Gasteiger partial charge is 0.496 e. The number of esters is 1. The molecule has 1 aromatic heterocycles. The number of anilines is 1. The summed E-state index contributed by atoms with van der Waals surface area (Å²) in [6.45, 7) is 2.00. The Bertz CT molecular complexity index is 1430. The number of carbonyl (C=O) groups is 2. The number of fused-ring (bicyclic) bond motifs is 6. The highest BCUT2D eigenvalue weighted by Gasteiger charge is 2.55. The Kier molecular flexibility index (Phi) is 6.82. The first-order chi connectivity index (χ1) is 18.5. The number of nitrogens with zero attached hydrogens (tertiary/aromatic N) is 1. The lowest BCUT2D eigenvalue weighted by Gasteiger charge is -2.40. The molecule has 5 atom stereocenters. The van der Waals surface area contributed by atoms with Crippen molar-refractivity contribution in [2.24, 2.45) is 17.8 Å². The molecule has 38 heavy (non-hydrogen) atoms. The minimum Gasteiger partial charge on any atom is -0.496 e. The SMILES string of the molecule is CCOC(=O)c1ccc(NC(=O)Cn2c3c(sc2=O)C(c2ccccc2OC)C2C4CCC(C4)C2S3)cc1. The van der Waals surface area contributed by atoms with Gasteiger partial charge in [0.25, 0.3) is 0 Å². The second-order valence-corrected chi connectivity index (χ2v) is 12.3. The molecule has 3 aromatic rings. The molecule has 0 saturated heterocycles. The fourth-order valence-corrected chi connectivity index (χ4v) is 9.75. The zero-order valence-corrected chi connectivity index (χ0v) is 23.0. The summed E-state index contributed by atoms with van der Waals surface area (Å²) < 4.78 is 12.4. The molecule has 2 saturated carbocycles. The van der Waals surface area contributed by atoms with Crippen molar-refractivity contribution in [1.82, 2.24) is 4.57 Å². The van der Waals surface area contributed by atoms with E-state index in [4.69, 9.17) is 9.47 Å². The van der Waals surface area contributed by atoms with Crippen molar-refractivity contribution >= 4 is 40.7 Å². The fourth-order valence-electron chi connectivity index (χ4n) is 6.61. The van der Waals surface area contributed by atoms with E-state index in [-0.39, 0.29) is 23.2 Å². The molecule has 9 heteroatoms. The number of ether oxygens (including phenoxy) is 2. The van der Waals surface area contributed by atoms with E-state index in [0.717, 1.165) is 21.2 Å². The van der Waals surface area contributed by atoms with Crippen LogP contribution in [0, 0.1) is 17.8 Å². The molecule has 1 aliphatic heterocycles. The number of nitrogens with one attached hydrogen (secondary N) is 1. The Morgan fingerprint density at radius 1 is 1.08 bits per heavy atom. The Hall–Kier alpha value is -3.04. The highest BCUT2D eigenvalue weighted by atomic mass is 32.2. The van der Waals surface area contributed by atoms with Crippen molar-refractivity contribution < 1.29 is 19.1 Å². The van der Waals surface area contributed by atoms with E-state index in [1.54, 1.807) is 42.9 Å². The molecule has 2 fully saturated rings. The monoisotopic (exact) mass is 550 g/mol. The van der Waals surface area contributed by atoms with Crippen LogP contribution in [0.3, 0.4) is 0 Å². The third-order valence-electron chi connectivity index (χ3n) is 8.15. The van der Waals surface area contributed by atoms with Gasteiger partial charge in [-0.3, -0.25) is 14.2 Å². The summed E-state index contributed by atoms with van der Waals surface area (Å²) >= 11 is 3.08. The third-order valence-corrected chi connectivity index (χ3v) is 11.0.